The molecule has 142 valence electrons. The van der Waals surface area contributed by atoms with Crippen LogP contribution in [0.15, 0.2) is 52.1 Å². The maximum Gasteiger partial charge on any atom is 0.264 e. The SMILES string of the molecule is Cc1cccc(Cl)c1CNc1cc(F)c(S(=O)(=O)Nc2ccsc2)cc1Cl. The normalized spacial score (nSPS) is 11.4. The van der Waals surface area contributed by atoms with Crippen molar-refractivity contribution in [3.05, 3.63) is 74.1 Å². The zero-order chi connectivity index (χ0) is 19.6. The number of nitrogens with one attached hydrogen (secondary N) is 2. The minimum absolute atomic E-state index is 0.0896. The number of halogens is 3. The molecule has 3 aromatic rings. The van der Waals surface area contributed by atoms with Crippen LogP contribution in [0.25, 0.3) is 0 Å². The topological polar surface area (TPSA) is 58.2 Å². The molecular weight excluding hydrogens is 430 g/mol. The first kappa shape index (κ1) is 19.9. The lowest BCUT2D eigenvalue weighted by molar-refractivity contribution is 0.570. The Kier molecular flexibility index (Phi) is 5.95. The van der Waals surface area contributed by atoms with E-state index in [0.717, 1.165) is 23.3 Å². The number of hydrogen-bond donors (Lipinski definition) is 2. The molecule has 2 aromatic carbocycles. The van der Waals surface area contributed by atoms with Gasteiger partial charge in [0.1, 0.15) is 10.7 Å². The van der Waals surface area contributed by atoms with Gasteiger partial charge in [-0.3, -0.25) is 4.72 Å². The van der Waals surface area contributed by atoms with Gasteiger partial charge < -0.3 is 5.32 Å². The second kappa shape index (κ2) is 8.06. The van der Waals surface area contributed by atoms with Gasteiger partial charge in [0.05, 0.1) is 16.4 Å². The van der Waals surface area contributed by atoms with E-state index in [1.807, 2.05) is 19.1 Å². The Bertz CT molecular complexity index is 1050. The maximum absolute atomic E-state index is 14.5. The highest BCUT2D eigenvalue weighted by Gasteiger charge is 2.22. The fourth-order valence-corrected chi connectivity index (χ4v) is 4.86. The zero-order valence-electron chi connectivity index (χ0n) is 14.1. The van der Waals surface area contributed by atoms with Crippen LogP contribution in [0.4, 0.5) is 15.8 Å². The lowest BCUT2D eigenvalue weighted by Gasteiger charge is -2.14. The molecule has 4 nitrogen and oxygen atoms in total. The van der Waals surface area contributed by atoms with Crippen LogP contribution in [-0.2, 0) is 16.6 Å². The second-order valence-corrected chi connectivity index (χ2v) is 9.01. The van der Waals surface area contributed by atoms with Gasteiger partial charge in [-0.15, -0.1) is 0 Å². The van der Waals surface area contributed by atoms with Gasteiger partial charge in [0.25, 0.3) is 10.0 Å². The van der Waals surface area contributed by atoms with Gasteiger partial charge in [-0.25, -0.2) is 12.8 Å². The van der Waals surface area contributed by atoms with E-state index in [9.17, 15) is 12.8 Å². The van der Waals surface area contributed by atoms with Crippen LogP contribution in [0.5, 0.6) is 0 Å². The third-order valence-corrected chi connectivity index (χ3v) is 6.64. The quantitative estimate of drug-likeness (QED) is 0.496. The van der Waals surface area contributed by atoms with Crippen LogP contribution in [-0.4, -0.2) is 8.42 Å². The van der Waals surface area contributed by atoms with Crippen molar-refractivity contribution < 1.29 is 12.8 Å². The van der Waals surface area contributed by atoms with Crippen molar-refractivity contribution >= 4 is 55.9 Å². The number of thiophene rings is 1. The molecule has 27 heavy (non-hydrogen) atoms. The van der Waals surface area contributed by atoms with Gasteiger partial charge >= 0.3 is 0 Å². The molecule has 1 heterocycles. The molecule has 0 amide bonds. The third kappa shape index (κ3) is 4.55. The predicted octanol–water partition coefficient (Wildman–Crippen LogP) is 5.92. The molecule has 0 saturated heterocycles. The maximum atomic E-state index is 14.5. The van der Waals surface area contributed by atoms with E-state index in [1.54, 1.807) is 22.9 Å². The number of anilines is 2. The molecule has 0 radical (unpaired) electrons. The number of benzene rings is 2. The number of rotatable bonds is 6. The molecular formula is C18H15Cl2FN2O2S2. The van der Waals surface area contributed by atoms with Crippen molar-refractivity contribution in [1.29, 1.82) is 0 Å². The van der Waals surface area contributed by atoms with E-state index in [4.69, 9.17) is 23.2 Å². The van der Waals surface area contributed by atoms with Crippen molar-refractivity contribution in [3.8, 4) is 0 Å². The molecule has 3 rings (SSSR count). The molecule has 0 saturated carbocycles. The summed E-state index contributed by atoms with van der Waals surface area (Å²) in [5, 5.41) is 7.00. The summed E-state index contributed by atoms with van der Waals surface area (Å²) in [6.07, 6.45) is 0. The Hall–Kier alpha value is -1.80. The lowest BCUT2D eigenvalue weighted by atomic mass is 10.1. The van der Waals surface area contributed by atoms with E-state index in [0.29, 0.717) is 17.3 Å². The summed E-state index contributed by atoms with van der Waals surface area (Å²) in [5.74, 6) is -0.902. The predicted molar refractivity (Wildman–Crippen MR) is 110 cm³/mol. The van der Waals surface area contributed by atoms with Crippen molar-refractivity contribution in [2.24, 2.45) is 0 Å². The summed E-state index contributed by atoms with van der Waals surface area (Å²) in [7, 11) is -4.09. The number of hydrogen-bond acceptors (Lipinski definition) is 4. The highest BCUT2D eigenvalue weighted by atomic mass is 35.5. The Balaban J connectivity index is 1.85. The first-order valence-corrected chi connectivity index (χ1v) is 11.0. The largest absolute Gasteiger partial charge is 0.380 e. The summed E-state index contributed by atoms with van der Waals surface area (Å²) >= 11 is 13.7. The van der Waals surface area contributed by atoms with E-state index < -0.39 is 20.7 Å². The molecule has 0 fully saturated rings. The molecule has 0 unspecified atom stereocenters. The average molecular weight is 445 g/mol. The van der Waals surface area contributed by atoms with Crippen LogP contribution in [0.1, 0.15) is 11.1 Å². The van der Waals surface area contributed by atoms with Crippen LogP contribution < -0.4 is 10.0 Å². The molecule has 2 N–H and O–H groups in total. The molecule has 0 aliphatic rings. The number of sulfonamides is 1. The van der Waals surface area contributed by atoms with Crippen LogP contribution in [0, 0.1) is 12.7 Å². The second-order valence-electron chi connectivity index (χ2n) is 5.77. The molecule has 0 spiro atoms. The van der Waals surface area contributed by atoms with E-state index in [2.05, 4.69) is 10.0 Å². The van der Waals surface area contributed by atoms with Gasteiger partial charge in [-0.1, -0.05) is 35.3 Å². The Morgan fingerprint density at radius 1 is 1.15 bits per heavy atom. The van der Waals surface area contributed by atoms with Crippen molar-refractivity contribution in [3.63, 3.8) is 0 Å². The summed E-state index contributed by atoms with van der Waals surface area (Å²) in [6.45, 7) is 2.24. The smallest absolute Gasteiger partial charge is 0.264 e. The highest BCUT2D eigenvalue weighted by molar-refractivity contribution is 7.92. The standard InChI is InChI=1S/C18H15Cl2FN2O2S2/c1-11-3-2-4-14(19)13(11)9-22-17-8-16(21)18(7-15(17)20)27(24,25)23-12-5-6-26-10-12/h2-8,10,22-23H,9H2,1H3. The van der Waals surface area contributed by atoms with Crippen LogP contribution in [0.3, 0.4) is 0 Å². The Labute approximate surface area is 171 Å². The number of aryl methyl sites for hydroxylation is 1. The van der Waals surface area contributed by atoms with Gasteiger partial charge in [0.15, 0.2) is 0 Å². The minimum Gasteiger partial charge on any atom is -0.380 e. The lowest BCUT2D eigenvalue weighted by Crippen LogP contribution is -2.14. The fraction of sp³-hybridized carbons (Fsp3) is 0.111. The molecule has 1 aromatic heterocycles. The van der Waals surface area contributed by atoms with Gasteiger partial charge in [-0.05, 0) is 47.7 Å². The van der Waals surface area contributed by atoms with Crippen molar-refractivity contribution in [2.75, 3.05) is 10.0 Å². The molecule has 0 atom stereocenters. The van der Waals surface area contributed by atoms with Gasteiger partial charge in [0, 0.05) is 16.9 Å². The first-order chi connectivity index (χ1) is 12.8. The summed E-state index contributed by atoms with van der Waals surface area (Å²) in [6, 6.07) is 9.26. The summed E-state index contributed by atoms with van der Waals surface area (Å²) in [5.41, 5.74) is 2.48. The van der Waals surface area contributed by atoms with E-state index >= 15 is 0 Å². The first-order valence-electron chi connectivity index (χ1n) is 7.80. The van der Waals surface area contributed by atoms with Crippen molar-refractivity contribution in [2.45, 2.75) is 18.4 Å². The zero-order valence-corrected chi connectivity index (χ0v) is 17.2. The molecule has 9 heteroatoms. The molecule has 0 aliphatic carbocycles. The minimum atomic E-state index is -4.09. The fourth-order valence-electron chi connectivity index (χ4n) is 2.48. The van der Waals surface area contributed by atoms with Crippen LogP contribution >= 0.6 is 34.5 Å². The third-order valence-electron chi connectivity index (χ3n) is 3.89. The van der Waals surface area contributed by atoms with E-state index in [1.165, 1.54) is 11.3 Å². The summed E-state index contributed by atoms with van der Waals surface area (Å²) in [4.78, 5) is -0.516. The van der Waals surface area contributed by atoms with Gasteiger partial charge in [-0.2, -0.15) is 11.3 Å². The monoisotopic (exact) mass is 444 g/mol. The highest BCUT2D eigenvalue weighted by Crippen LogP contribution is 2.30. The summed E-state index contributed by atoms with van der Waals surface area (Å²) < 4.78 is 41.6. The van der Waals surface area contributed by atoms with Crippen molar-refractivity contribution in [1.82, 2.24) is 0 Å². The Morgan fingerprint density at radius 3 is 2.59 bits per heavy atom. The van der Waals surface area contributed by atoms with E-state index in [-0.39, 0.29) is 10.7 Å². The molecule has 0 bridgehead atoms. The van der Waals surface area contributed by atoms with Gasteiger partial charge in [0.2, 0.25) is 0 Å². The Morgan fingerprint density at radius 2 is 1.93 bits per heavy atom. The average Bonchev–Trinajstić information content (AvgIpc) is 3.09. The van der Waals surface area contributed by atoms with Crippen LogP contribution in [0.2, 0.25) is 10.0 Å². The molecule has 0 aliphatic heterocycles.